The molecule has 1 aromatic rings. The van der Waals surface area contributed by atoms with E-state index in [0.29, 0.717) is 43.5 Å². The topological polar surface area (TPSA) is 251 Å². The molecule has 5 rings (SSSR count). The van der Waals surface area contributed by atoms with Crippen LogP contribution in [-0.2, 0) is 59.0 Å². The van der Waals surface area contributed by atoms with Gasteiger partial charge >= 0.3 is 11.9 Å². The molecule has 1 aromatic carbocycles. The maximum absolute atomic E-state index is 15.0. The van der Waals surface area contributed by atoms with Crippen molar-refractivity contribution in [2.24, 2.45) is 23.7 Å². The van der Waals surface area contributed by atoms with Gasteiger partial charge in [-0.3, -0.25) is 38.4 Å². The number of methoxy groups -OCH3 is 1. The Balaban J connectivity index is 1.61. The van der Waals surface area contributed by atoms with E-state index >= 15 is 4.79 Å². The highest BCUT2D eigenvalue weighted by Crippen LogP contribution is 2.41. The molecule has 20 heteroatoms. The Kier molecular flexibility index (Phi) is 21.1. The summed E-state index contributed by atoms with van der Waals surface area (Å²) in [6.45, 7) is 21.9. The minimum Gasteiger partial charge on any atom is -0.497 e. The van der Waals surface area contributed by atoms with E-state index in [2.05, 4.69) is 22.5 Å². The van der Waals surface area contributed by atoms with Gasteiger partial charge in [0.15, 0.2) is 6.10 Å². The summed E-state index contributed by atoms with van der Waals surface area (Å²) >= 11 is 0. The zero-order valence-electron chi connectivity index (χ0n) is 46.8. The number of rotatable bonds is 14. The van der Waals surface area contributed by atoms with Crippen LogP contribution in [0.3, 0.4) is 0 Å². The Morgan fingerprint density at radius 1 is 0.895 bits per heavy atom. The van der Waals surface area contributed by atoms with E-state index in [4.69, 9.17) is 14.2 Å². The summed E-state index contributed by atoms with van der Waals surface area (Å²) in [5.74, 6) is -6.90. The van der Waals surface area contributed by atoms with Gasteiger partial charge in [0.05, 0.1) is 25.7 Å². The molecule has 0 aromatic heterocycles. The number of likely N-dealkylation sites (tertiary alicyclic amines) is 2. The van der Waals surface area contributed by atoms with Crippen LogP contribution >= 0.6 is 0 Å². The number of aliphatic hydroxyl groups is 1. The molecule has 76 heavy (non-hydrogen) atoms. The second kappa shape index (κ2) is 26.3. The number of fused-ring (bicyclic) bond motifs is 1. The highest BCUT2D eigenvalue weighted by atomic mass is 16.6. The highest BCUT2D eigenvalue weighted by Gasteiger charge is 2.57. The summed E-state index contributed by atoms with van der Waals surface area (Å²) in [6, 6.07) is -0.655. The molecule has 4 aliphatic heterocycles. The van der Waals surface area contributed by atoms with Crippen molar-refractivity contribution < 1.29 is 62.5 Å². The van der Waals surface area contributed by atoms with Crippen LogP contribution in [0.1, 0.15) is 133 Å². The summed E-state index contributed by atoms with van der Waals surface area (Å²) in [5, 5.41) is 20.3. The first-order chi connectivity index (χ1) is 35.8. The van der Waals surface area contributed by atoms with Gasteiger partial charge in [-0.25, -0.2) is 4.79 Å². The fourth-order valence-corrected chi connectivity index (χ4v) is 11.1. The number of ether oxygens (including phenoxy) is 3. The SMILES string of the molecule is C=C(C)C(=O)N1CCC[C@]12CCN([C@@H](CC(C)C)C(=O)N[C@@H]1C(=O)N[C@@H]([C@@H](C)CC)[C@@H](O)CC(=O)O[C@@H](C(C)C)C(=O)N[C@@H](CC(C)C)C(=O)N3CCC[C@H]3C(=O)N(C)[C@@H](Cc3ccc(OC)cc3)C(=O)O[C@@H]1C)C2=O. The summed E-state index contributed by atoms with van der Waals surface area (Å²) in [7, 11) is 2.94. The lowest BCUT2D eigenvalue weighted by Gasteiger charge is -2.37. The largest absolute Gasteiger partial charge is 0.497 e. The van der Waals surface area contributed by atoms with E-state index < -0.39 is 126 Å². The van der Waals surface area contributed by atoms with Crippen LogP contribution in [0.25, 0.3) is 0 Å². The van der Waals surface area contributed by atoms with Gasteiger partial charge in [-0.05, 0) is 100 Å². The number of nitrogens with one attached hydrogen (secondary N) is 3. The minimum absolute atomic E-state index is 0.0825. The molecule has 0 radical (unpaired) electrons. The molecule has 0 bridgehead atoms. The molecular formula is C56H85N7O13. The van der Waals surface area contributed by atoms with Crippen molar-refractivity contribution in [3.63, 3.8) is 0 Å². The monoisotopic (exact) mass is 1060 g/mol. The van der Waals surface area contributed by atoms with Crippen LogP contribution in [-0.4, -0.2) is 172 Å². The first kappa shape index (κ1) is 60.8. The maximum Gasteiger partial charge on any atom is 0.329 e. The van der Waals surface area contributed by atoms with Crippen LogP contribution in [0.5, 0.6) is 5.75 Å². The quantitative estimate of drug-likeness (QED) is 0.154. The third kappa shape index (κ3) is 14.1. The molecular weight excluding hydrogens is 979 g/mol. The van der Waals surface area contributed by atoms with Crippen molar-refractivity contribution >= 4 is 53.3 Å². The second-order valence-corrected chi connectivity index (χ2v) is 22.6. The van der Waals surface area contributed by atoms with E-state index in [9.17, 15) is 43.5 Å². The number of amides is 7. The third-order valence-corrected chi connectivity index (χ3v) is 15.5. The summed E-state index contributed by atoms with van der Waals surface area (Å²) in [4.78, 5) is 136. The van der Waals surface area contributed by atoms with E-state index in [-0.39, 0.29) is 68.5 Å². The zero-order chi connectivity index (χ0) is 56.5. The van der Waals surface area contributed by atoms with Crippen LogP contribution in [0.4, 0.5) is 0 Å². The lowest BCUT2D eigenvalue weighted by atomic mass is 9.92. The minimum atomic E-state index is -1.69. The Morgan fingerprint density at radius 2 is 1.57 bits per heavy atom. The zero-order valence-corrected chi connectivity index (χ0v) is 46.8. The van der Waals surface area contributed by atoms with Crippen molar-refractivity contribution in [3.05, 3.63) is 42.0 Å². The van der Waals surface area contributed by atoms with E-state index in [1.807, 2.05) is 34.6 Å². The van der Waals surface area contributed by atoms with Gasteiger partial charge in [0, 0.05) is 38.7 Å². The smallest absolute Gasteiger partial charge is 0.329 e. The van der Waals surface area contributed by atoms with Gasteiger partial charge in [0.2, 0.25) is 35.4 Å². The maximum atomic E-state index is 15.0. The van der Waals surface area contributed by atoms with Crippen molar-refractivity contribution in [1.82, 2.24) is 35.6 Å². The lowest BCUT2D eigenvalue weighted by molar-refractivity contribution is -0.162. The summed E-state index contributed by atoms with van der Waals surface area (Å²) in [6.07, 6.45) is -2.52. The first-order valence-corrected chi connectivity index (χ1v) is 27.2. The normalized spacial score (nSPS) is 28.5. The number of hydrogen-bond acceptors (Lipinski definition) is 13. The molecule has 1 spiro atoms. The van der Waals surface area contributed by atoms with Crippen LogP contribution < -0.4 is 20.7 Å². The van der Waals surface area contributed by atoms with Gasteiger partial charge in [-0.1, -0.05) is 80.5 Å². The molecule has 4 N–H and O–H groups in total. The Hall–Kier alpha value is -6.05. The van der Waals surface area contributed by atoms with Gasteiger partial charge in [0.25, 0.3) is 5.91 Å². The number of carbonyl (C=O) groups is 9. The van der Waals surface area contributed by atoms with Gasteiger partial charge in [-0.15, -0.1) is 0 Å². The molecule has 4 heterocycles. The fourth-order valence-electron chi connectivity index (χ4n) is 11.1. The molecule has 4 aliphatic rings. The molecule has 20 nitrogen and oxygen atoms in total. The standard InChI is InChI=1S/C56H85N7O13/c1-14-35(10)45-43(64)30-44(65)76-47(33(6)7)50(68)57-39(27-31(2)3)52(70)61-24-15-17-40(61)53(71)60(12)42(29-37-18-20-38(74-13)21-19-37)54(72)75-36(11)46(49(67)58-45)59-48(66)41(28-32(4)5)62-26-23-56(55(62)73)22-16-25-63(56)51(69)34(8)9/h18-21,31-33,35-36,39-43,45-47,64H,8,14-17,22-30H2,1-7,9-13H3,(H,57,68)(H,58,67)(H,59,66)/t35-,36+,39-,40-,41-,42-,43-,45-,46-,47-,56+/m0/s1. The second-order valence-electron chi connectivity index (χ2n) is 22.6. The highest BCUT2D eigenvalue weighted by molar-refractivity contribution is 6.01. The number of nitrogens with zero attached hydrogens (tertiary/aromatic N) is 4. The fraction of sp³-hybridized carbons (Fsp3) is 0.696. The molecule has 0 saturated carbocycles. The van der Waals surface area contributed by atoms with E-state index in [1.165, 1.54) is 35.8 Å². The van der Waals surface area contributed by atoms with Crippen LogP contribution in [0.2, 0.25) is 0 Å². The average molecular weight is 1060 g/mol. The number of cyclic esters (lactones) is 2. The van der Waals surface area contributed by atoms with Crippen LogP contribution in [0.15, 0.2) is 36.4 Å². The molecule has 0 aliphatic carbocycles. The molecule has 7 amide bonds. The van der Waals surface area contributed by atoms with Crippen molar-refractivity contribution in [3.8, 4) is 5.75 Å². The van der Waals surface area contributed by atoms with E-state index in [0.717, 1.165) is 0 Å². The summed E-state index contributed by atoms with van der Waals surface area (Å²) in [5.41, 5.74) is -0.285. The third-order valence-electron chi connectivity index (χ3n) is 15.5. The first-order valence-electron chi connectivity index (χ1n) is 27.2. The van der Waals surface area contributed by atoms with Crippen LogP contribution in [0, 0.1) is 23.7 Å². The number of carbonyl (C=O) groups excluding carboxylic acids is 9. The van der Waals surface area contributed by atoms with Crippen molar-refractivity contribution in [1.29, 1.82) is 0 Å². The van der Waals surface area contributed by atoms with Crippen molar-refractivity contribution in [2.75, 3.05) is 33.8 Å². The molecule has 422 valence electrons. The number of aliphatic hydroxyl groups excluding tert-OH is 1. The predicted octanol–water partition coefficient (Wildman–Crippen LogP) is 3.45. The number of hydrogen-bond donors (Lipinski definition) is 4. The summed E-state index contributed by atoms with van der Waals surface area (Å²) < 4.78 is 17.3. The molecule has 11 atom stereocenters. The molecule has 4 fully saturated rings. The molecule has 4 saturated heterocycles. The Morgan fingerprint density at radius 3 is 2.16 bits per heavy atom. The molecule has 0 unspecified atom stereocenters. The number of benzene rings is 1. The van der Waals surface area contributed by atoms with Gasteiger partial charge in [-0.2, -0.15) is 0 Å². The van der Waals surface area contributed by atoms with Crippen molar-refractivity contribution in [2.45, 2.75) is 194 Å². The van der Waals surface area contributed by atoms with Gasteiger partial charge in [0.1, 0.15) is 47.6 Å². The number of esters is 2. The van der Waals surface area contributed by atoms with E-state index in [1.54, 1.807) is 56.9 Å². The Bertz CT molecular complexity index is 2310. The Labute approximate surface area is 448 Å². The van der Waals surface area contributed by atoms with Gasteiger partial charge < -0.3 is 54.9 Å². The number of likely N-dealkylation sites (N-methyl/N-ethyl adjacent to an activating group) is 1. The lowest BCUT2D eigenvalue weighted by Crippen LogP contribution is -2.62. The predicted molar refractivity (Wildman–Crippen MR) is 282 cm³/mol. The average Bonchev–Trinajstić information content (AvgIpc) is 4.12.